The summed E-state index contributed by atoms with van der Waals surface area (Å²) in [7, 11) is -3.61. The van der Waals surface area contributed by atoms with Crippen molar-refractivity contribution in [2.45, 2.75) is 50.0 Å². The minimum atomic E-state index is -3.61. The summed E-state index contributed by atoms with van der Waals surface area (Å²) < 4.78 is 41.0. The molecule has 1 atom stereocenters. The maximum absolute atomic E-state index is 13.4. The van der Waals surface area contributed by atoms with Crippen LogP contribution < -0.4 is 0 Å². The van der Waals surface area contributed by atoms with Crippen LogP contribution in [0.15, 0.2) is 47.4 Å². The predicted molar refractivity (Wildman–Crippen MR) is 113 cm³/mol. The maximum atomic E-state index is 13.4. The number of likely N-dealkylation sites (tertiary alicyclic amines) is 1. The molecular weight excluding hydrogens is 403 g/mol. The molecule has 160 valence electrons. The zero-order chi connectivity index (χ0) is 21.3. The summed E-state index contributed by atoms with van der Waals surface area (Å²) in [5.41, 5.74) is 2.07. The molecule has 1 amide bonds. The molecule has 0 spiro atoms. The molecule has 0 N–H and O–H groups in total. The highest BCUT2D eigenvalue weighted by Crippen LogP contribution is 2.34. The van der Waals surface area contributed by atoms with Crippen molar-refractivity contribution in [1.29, 1.82) is 0 Å². The molecule has 2 aromatic rings. The molecule has 0 bridgehead atoms. The number of carbonyl (C=O) groups is 1. The summed E-state index contributed by atoms with van der Waals surface area (Å²) >= 11 is 0. The van der Waals surface area contributed by atoms with Gasteiger partial charge >= 0.3 is 0 Å². The number of carbonyl (C=O) groups excluding carboxylic acids is 1. The van der Waals surface area contributed by atoms with Gasteiger partial charge in [-0.1, -0.05) is 24.6 Å². The van der Waals surface area contributed by atoms with E-state index in [0.29, 0.717) is 25.2 Å². The highest BCUT2D eigenvalue weighted by molar-refractivity contribution is 7.89. The van der Waals surface area contributed by atoms with Gasteiger partial charge in [0, 0.05) is 25.2 Å². The Labute approximate surface area is 177 Å². The van der Waals surface area contributed by atoms with Crippen molar-refractivity contribution < 1.29 is 17.6 Å². The van der Waals surface area contributed by atoms with Crippen LogP contribution in [-0.4, -0.2) is 43.2 Å². The topological polar surface area (TPSA) is 57.7 Å². The van der Waals surface area contributed by atoms with Crippen LogP contribution in [0.5, 0.6) is 0 Å². The minimum Gasteiger partial charge on any atom is -0.332 e. The smallest absolute Gasteiger partial charge is 0.254 e. The lowest BCUT2D eigenvalue weighted by Gasteiger charge is -2.27. The molecule has 0 aliphatic carbocycles. The average Bonchev–Trinajstić information content (AvgIpc) is 3.24. The van der Waals surface area contributed by atoms with E-state index in [1.807, 2.05) is 6.92 Å². The van der Waals surface area contributed by atoms with Gasteiger partial charge in [-0.2, -0.15) is 4.31 Å². The van der Waals surface area contributed by atoms with Gasteiger partial charge in [-0.05, 0) is 68.0 Å². The van der Waals surface area contributed by atoms with Crippen molar-refractivity contribution in [3.8, 4) is 0 Å². The van der Waals surface area contributed by atoms with E-state index in [1.54, 1.807) is 29.2 Å². The molecule has 2 saturated heterocycles. The SMILES string of the molecule is Cc1ccc(S(=O)(=O)N2CCCCC2)cc1C(=O)N1CCCC1c1ccc(F)cc1. The molecule has 1 unspecified atom stereocenters. The van der Waals surface area contributed by atoms with Crippen LogP contribution in [0.4, 0.5) is 4.39 Å². The molecule has 7 heteroatoms. The first kappa shape index (κ1) is 21.0. The van der Waals surface area contributed by atoms with Crippen molar-refractivity contribution in [2.75, 3.05) is 19.6 Å². The van der Waals surface area contributed by atoms with Gasteiger partial charge in [0.1, 0.15) is 5.82 Å². The van der Waals surface area contributed by atoms with E-state index >= 15 is 0 Å². The van der Waals surface area contributed by atoms with Gasteiger partial charge in [0.25, 0.3) is 5.91 Å². The van der Waals surface area contributed by atoms with Gasteiger partial charge < -0.3 is 4.90 Å². The average molecular weight is 431 g/mol. The fourth-order valence-corrected chi connectivity index (χ4v) is 5.99. The molecule has 4 rings (SSSR count). The largest absolute Gasteiger partial charge is 0.332 e. The van der Waals surface area contributed by atoms with Crippen LogP contribution in [0, 0.1) is 12.7 Å². The summed E-state index contributed by atoms with van der Waals surface area (Å²) in [6.07, 6.45) is 4.44. The third-order valence-corrected chi connectivity index (χ3v) is 8.06. The third kappa shape index (κ3) is 4.01. The lowest BCUT2D eigenvalue weighted by atomic mass is 10.0. The van der Waals surface area contributed by atoms with Crippen molar-refractivity contribution in [3.05, 3.63) is 65.0 Å². The molecule has 0 saturated carbocycles. The molecule has 2 aromatic carbocycles. The highest BCUT2D eigenvalue weighted by atomic mass is 32.2. The number of halogens is 1. The summed E-state index contributed by atoms with van der Waals surface area (Å²) in [6, 6.07) is 11.0. The van der Waals surface area contributed by atoms with Crippen molar-refractivity contribution in [1.82, 2.24) is 9.21 Å². The Kier molecular flexibility index (Phi) is 5.93. The molecular formula is C23H27FN2O3S. The van der Waals surface area contributed by atoms with Crippen LogP contribution in [0.2, 0.25) is 0 Å². The first-order valence-corrected chi connectivity index (χ1v) is 12.0. The van der Waals surface area contributed by atoms with Gasteiger partial charge in [0.2, 0.25) is 10.0 Å². The van der Waals surface area contributed by atoms with E-state index < -0.39 is 10.0 Å². The van der Waals surface area contributed by atoms with Crippen LogP contribution >= 0.6 is 0 Å². The maximum Gasteiger partial charge on any atom is 0.254 e. The van der Waals surface area contributed by atoms with Crippen molar-refractivity contribution in [2.24, 2.45) is 0 Å². The Morgan fingerprint density at radius 2 is 1.67 bits per heavy atom. The number of amides is 1. The number of hydrogen-bond acceptors (Lipinski definition) is 3. The molecule has 0 radical (unpaired) electrons. The Hall–Kier alpha value is -2.25. The number of rotatable bonds is 4. The number of hydrogen-bond donors (Lipinski definition) is 0. The quantitative estimate of drug-likeness (QED) is 0.727. The highest BCUT2D eigenvalue weighted by Gasteiger charge is 2.33. The van der Waals surface area contributed by atoms with Gasteiger partial charge in [-0.25, -0.2) is 12.8 Å². The van der Waals surface area contributed by atoms with Crippen LogP contribution in [0.3, 0.4) is 0 Å². The zero-order valence-electron chi connectivity index (χ0n) is 17.2. The summed E-state index contributed by atoms with van der Waals surface area (Å²) in [6.45, 7) is 3.48. The Morgan fingerprint density at radius 3 is 2.37 bits per heavy atom. The number of aryl methyl sites for hydroxylation is 1. The summed E-state index contributed by atoms with van der Waals surface area (Å²) in [4.78, 5) is 15.4. The summed E-state index contributed by atoms with van der Waals surface area (Å²) in [5.74, 6) is -0.476. The molecule has 30 heavy (non-hydrogen) atoms. The monoisotopic (exact) mass is 430 g/mol. The third-order valence-electron chi connectivity index (χ3n) is 6.16. The minimum absolute atomic E-state index is 0.125. The molecule has 0 aromatic heterocycles. The van der Waals surface area contributed by atoms with E-state index in [0.717, 1.165) is 43.2 Å². The van der Waals surface area contributed by atoms with E-state index in [1.165, 1.54) is 22.5 Å². The number of sulfonamides is 1. The van der Waals surface area contributed by atoms with Crippen molar-refractivity contribution in [3.63, 3.8) is 0 Å². The lowest BCUT2D eigenvalue weighted by molar-refractivity contribution is 0.0734. The lowest BCUT2D eigenvalue weighted by Crippen LogP contribution is -2.36. The first-order valence-electron chi connectivity index (χ1n) is 10.5. The van der Waals surface area contributed by atoms with Crippen LogP contribution in [0.1, 0.15) is 59.6 Å². The van der Waals surface area contributed by atoms with Gasteiger partial charge in [-0.3, -0.25) is 4.79 Å². The number of benzene rings is 2. The fourth-order valence-electron chi connectivity index (χ4n) is 4.44. The van der Waals surface area contributed by atoms with Gasteiger partial charge in [-0.15, -0.1) is 0 Å². The van der Waals surface area contributed by atoms with E-state index in [9.17, 15) is 17.6 Å². The standard InChI is InChI=1S/C23H27FN2O3S/c1-17-7-12-20(30(28,29)25-13-3-2-4-14-25)16-21(17)23(27)26-15-5-6-22(26)18-8-10-19(24)11-9-18/h7-12,16,22H,2-6,13-15H2,1H3. The second-order valence-electron chi connectivity index (χ2n) is 8.15. The normalized spacial score (nSPS) is 20.5. The Bertz CT molecular complexity index is 1030. The molecule has 5 nitrogen and oxygen atoms in total. The second kappa shape index (κ2) is 8.47. The summed E-state index contributed by atoms with van der Waals surface area (Å²) in [5, 5.41) is 0. The van der Waals surface area contributed by atoms with E-state index in [4.69, 9.17) is 0 Å². The number of piperidine rings is 1. The zero-order valence-corrected chi connectivity index (χ0v) is 18.0. The first-order chi connectivity index (χ1) is 14.4. The Balaban J connectivity index is 1.64. The number of nitrogens with zero attached hydrogens (tertiary/aromatic N) is 2. The van der Waals surface area contributed by atoms with Gasteiger partial charge in [0.05, 0.1) is 10.9 Å². The molecule has 2 aliphatic rings. The van der Waals surface area contributed by atoms with Crippen molar-refractivity contribution >= 4 is 15.9 Å². The molecule has 2 heterocycles. The predicted octanol–water partition coefficient (Wildman–Crippen LogP) is 4.29. The van der Waals surface area contributed by atoms with E-state index in [2.05, 4.69) is 0 Å². The Morgan fingerprint density at radius 1 is 0.967 bits per heavy atom. The molecule has 2 aliphatic heterocycles. The van der Waals surface area contributed by atoms with Gasteiger partial charge in [0.15, 0.2) is 0 Å². The van der Waals surface area contributed by atoms with Crippen LogP contribution in [0.25, 0.3) is 0 Å². The van der Waals surface area contributed by atoms with Crippen LogP contribution in [-0.2, 0) is 10.0 Å². The fraction of sp³-hybridized carbons (Fsp3) is 0.435. The second-order valence-corrected chi connectivity index (χ2v) is 10.1. The van der Waals surface area contributed by atoms with E-state index in [-0.39, 0.29) is 22.7 Å². The molecule has 2 fully saturated rings.